The zero-order chi connectivity index (χ0) is 9.60. The number of nitrogens with two attached hydrogens (primary N) is 1. The van der Waals surface area contributed by atoms with Gasteiger partial charge in [-0.15, -0.1) is 0 Å². The first-order valence-electron chi connectivity index (χ1n) is 5.89. The Morgan fingerprint density at radius 2 is 2.29 bits per heavy atom. The van der Waals surface area contributed by atoms with Gasteiger partial charge in [0.25, 0.3) is 0 Å². The Bertz CT molecular complexity index is 227. The van der Waals surface area contributed by atoms with E-state index < -0.39 is 0 Å². The molecule has 2 bridgehead atoms. The first-order chi connectivity index (χ1) is 6.78. The van der Waals surface area contributed by atoms with E-state index in [0.29, 0.717) is 17.6 Å². The predicted molar refractivity (Wildman–Crippen MR) is 55.0 cm³/mol. The smallest absolute Gasteiger partial charge is 0.0512 e. The van der Waals surface area contributed by atoms with E-state index in [0.717, 1.165) is 25.6 Å². The fraction of sp³-hybridized carbons (Fsp3) is 1.00. The van der Waals surface area contributed by atoms with E-state index in [1.807, 2.05) is 0 Å². The van der Waals surface area contributed by atoms with Gasteiger partial charge in [-0.05, 0) is 32.1 Å². The molecule has 3 unspecified atom stereocenters. The molecule has 3 aliphatic heterocycles. The van der Waals surface area contributed by atoms with Crippen LogP contribution in [-0.4, -0.2) is 30.8 Å². The van der Waals surface area contributed by atoms with Gasteiger partial charge in [-0.3, -0.25) is 0 Å². The van der Waals surface area contributed by atoms with E-state index >= 15 is 0 Å². The van der Waals surface area contributed by atoms with Crippen molar-refractivity contribution in [3.05, 3.63) is 0 Å². The first-order valence-corrected chi connectivity index (χ1v) is 5.89. The van der Waals surface area contributed by atoms with Crippen LogP contribution in [0.15, 0.2) is 0 Å². The standard InChI is InChI=1S/C11H20N2O/c12-9-5-10-1-3-11(6-9,13-10)8-2-4-14-7-8/h8-10,13H,1-7,12H2/t8-,9?,10?,11?/m0/s1. The molecule has 0 saturated carbocycles. The largest absolute Gasteiger partial charge is 0.381 e. The fourth-order valence-corrected chi connectivity index (χ4v) is 3.70. The van der Waals surface area contributed by atoms with Gasteiger partial charge in [-0.25, -0.2) is 0 Å². The molecular formula is C11H20N2O. The zero-order valence-electron chi connectivity index (χ0n) is 8.67. The minimum absolute atomic E-state index is 0.346. The summed E-state index contributed by atoms with van der Waals surface area (Å²) in [5, 5.41) is 3.82. The zero-order valence-corrected chi connectivity index (χ0v) is 8.67. The molecule has 3 saturated heterocycles. The Morgan fingerprint density at radius 3 is 3.07 bits per heavy atom. The molecule has 4 atom stereocenters. The topological polar surface area (TPSA) is 47.3 Å². The van der Waals surface area contributed by atoms with E-state index in [2.05, 4.69) is 5.32 Å². The number of fused-ring (bicyclic) bond motifs is 2. The van der Waals surface area contributed by atoms with Crippen LogP contribution >= 0.6 is 0 Å². The highest BCUT2D eigenvalue weighted by molar-refractivity contribution is 5.08. The number of hydrogen-bond donors (Lipinski definition) is 2. The third kappa shape index (κ3) is 1.30. The predicted octanol–water partition coefficient (Wildman–Crippen LogP) is 0.635. The van der Waals surface area contributed by atoms with Crippen molar-refractivity contribution in [2.75, 3.05) is 13.2 Å². The van der Waals surface area contributed by atoms with Crippen LogP contribution < -0.4 is 11.1 Å². The van der Waals surface area contributed by atoms with Crippen LogP contribution in [0, 0.1) is 5.92 Å². The van der Waals surface area contributed by atoms with Gasteiger partial charge in [0, 0.05) is 30.1 Å². The van der Waals surface area contributed by atoms with E-state index in [4.69, 9.17) is 10.5 Å². The average molecular weight is 196 g/mol. The van der Waals surface area contributed by atoms with Gasteiger partial charge >= 0.3 is 0 Å². The molecule has 3 aliphatic rings. The Hall–Kier alpha value is -0.120. The van der Waals surface area contributed by atoms with Crippen molar-refractivity contribution < 1.29 is 4.74 Å². The Labute approximate surface area is 85.4 Å². The van der Waals surface area contributed by atoms with Crippen molar-refractivity contribution >= 4 is 0 Å². The normalized spacial score (nSPS) is 52.5. The van der Waals surface area contributed by atoms with Crippen LogP contribution in [0.5, 0.6) is 0 Å². The monoisotopic (exact) mass is 196 g/mol. The summed E-state index contributed by atoms with van der Waals surface area (Å²) in [4.78, 5) is 0. The molecule has 14 heavy (non-hydrogen) atoms. The number of nitrogens with one attached hydrogen (secondary N) is 1. The summed E-state index contributed by atoms with van der Waals surface area (Å²) in [5.41, 5.74) is 6.47. The number of ether oxygens (including phenoxy) is 1. The Balaban J connectivity index is 1.80. The van der Waals surface area contributed by atoms with Crippen molar-refractivity contribution in [2.45, 2.75) is 49.7 Å². The minimum Gasteiger partial charge on any atom is -0.381 e. The molecule has 0 aliphatic carbocycles. The molecule has 0 spiro atoms. The molecule has 3 N–H and O–H groups in total. The summed E-state index contributed by atoms with van der Waals surface area (Å²) in [6, 6.07) is 1.11. The highest BCUT2D eigenvalue weighted by Crippen LogP contribution is 2.42. The van der Waals surface area contributed by atoms with Crippen LogP contribution in [-0.2, 0) is 4.74 Å². The van der Waals surface area contributed by atoms with E-state index in [-0.39, 0.29) is 0 Å². The lowest BCUT2D eigenvalue weighted by Gasteiger charge is -2.41. The Kier molecular flexibility index (Phi) is 2.08. The van der Waals surface area contributed by atoms with Crippen LogP contribution in [0.1, 0.15) is 32.1 Å². The second kappa shape index (κ2) is 3.19. The second-order valence-electron chi connectivity index (χ2n) is 5.30. The van der Waals surface area contributed by atoms with Gasteiger partial charge in [0.1, 0.15) is 0 Å². The summed E-state index contributed by atoms with van der Waals surface area (Å²) < 4.78 is 5.51. The molecule has 3 rings (SSSR count). The van der Waals surface area contributed by atoms with Gasteiger partial charge in [0.2, 0.25) is 0 Å². The third-order valence-electron chi connectivity index (χ3n) is 4.36. The number of piperidine rings is 1. The van der Waals surface area contributed by atoms with Crippen LogP contribution in [0.3, 0.4) is 0 Å². The van der Waals surface area contributed by atoms with Crippen molar-refractivity contribution in [3.63, 3.8) is 0 Å². The molecule has 0 amide bonds. The third-order valence-corrected chi connectivity index (χ3v) is 4.36. The van der Waals surface area contributed by atoms with Gasteiger partial charge in [0.05, 0.1) is 6.61 Å². The average Bonchev–Trinajstić information content (AvgIpc) is 2.74. The van der Waals surface area contributed by atoms with Crippen molar-refractivity contribution in [1.29, 1.82) is 0 Å². The molecule has 3 heteroatoms. The molecule has 0 aromatic heterocycles. The SMILES string of the molecule is NC1CC2CCC([C@H]3CCOC3)(C1)N2. The lowest BCUT2D eigenvalue weighted by Crippen LogP contribution is -2.57. The molecule has 0 aromatic rings. The maximum absolute atomic E-state index is 6.13. The van der Waals surface area contributed by atoms with Crippen molar-refractivity contribution in [3.8, 4) is 0 Å². The second-order valence-corrected chi connectivity index (χ2v) is 5.30. The molecule has 80 valence electrons. The van der Waals surface area contributed by atoms with Crippen molar-refractivity contribution in [1.82, 2.24) is 5.32 Å². The van der Waals surface area contributed by atoms with Gasteiger partial charge in [-0.2, -0.15) is 0 Å². The lowest BCUT2D eigenvalue weighted by molar-refractivity contribution is 0.129. The molecule has 3 nitrogen and oxygen atoms in total. The quantitative estimate of drug-likeness (QED) is 0.647. The molecular weight excluding hydrogens is 176 g/mol. The summed E-state index contributed by atoms with van der Waals surface area (Å²) in [7, 11) is 0. The minimum atomic E-state index is 0.346. The fourth-order valence-electron chi connectivity index (χ4n) is 3.70. The number of hydrogen-bond acceptors (Lipinski definition) is 3. The highest BCUT2D eigenvalue weighted by atomic mass is 16.5. The van der Waals surface area contributed by atoms with Crippen molar-refractivity contribution in [2.24, 2.45) is 11.7 Å². The first kappa shape index (κ1) is 9.13. The van der Waals surface area contributed by atoms with E-state index in [9.17, 15) is 0 Å². The van der Waals surface area contributed by atoms with Crippen LogP contribution in [0.2, 0.25) is 0 Å². The van der Waals surface area contributed by atoms with Crippen LogP contribution in [0.4, 0.5) is 0 Å². The summed E-state index contributed by atoms with van der Waals surface area (Å²) in [6.45, 7) is 1.90. The van der Waals surface area contributed by atoms with Gasteiger partial charge < -0.3 is 15.8 Å². The molecule has 0 radical (unpaired) electrons. The molecule has 0 aromatic carbocycles. The molecule has 3 fully saturated rings. The maximum Gasteiger partial charge on any atom is 0.0512 e. The van der Waals surface area contributed by atoms with Gasteiger partial charge in [-0.1, -0.05) is 0 Å². The summed E-state index contributed by atoms with van der Waals surface area (Å²) in [5.74, 6) is 0.721. The highest BCUT2D eigenvalue weighted by Gasteiger charge is 2.49. The lowest BCUT2D eigenvalue weighted by atomic mass is 9.76. The maximum atomic E-state index is 6.13. The van der Waals surface area contributed by atoms with E-state index in [1.54, 1.807) is 0 Å². The number of rotatable bonds is 1. The van der Waals surface area contributed by atoms with Crippen LogP contribution in [0.25, 0.3) is 0 Å². The summed E-state index contributed by atoms with van der Waals surface area (Å²) >= 11 is 0. The van der Waals surface area contributed by atoms with Gasteiger partial charge in [0.15, 0.2) is 0 Å². The Morgan fingerprint density at radius 1 is 1.36 bits per heavy atom. The molecule has 3 heterocycles. The summed E-state index contributed by atoms with van der Waals surface area (Å²) in [6.07, 6.45) is 6.21. The van der Waals surface area contributed by atoms with E-state index in [1.165, 1.54) is 25.7 Å².